The number of hydrogen-bond acceptors (Lipinski definition) is 3. The molecule has 1 fully saturated rings. The van der Waals surface area contributed by atoms with Crippen LogP contribution in [0.2, 0.25) is 0 Å². The summed E-state index contributed by atoms with van der Waals surface area (Å²) in [5, 5.41) is 8.71. The molecule has 13 heavy (non-hydrogen) atoms. The molecule has 2 atom stereocenters. The minimum absolute atomic E-state index is 0.0389. The van der Waals surface area contributed by atoms with E-state index in [4.69, 9.17) is 16.8 Å². The quantitative estimate of drug-likeness (QED) is 0.553. The van der Waals surface area contributed by atoms with E-state index in [1.54, 1.807) is 0 Å². The predicted octanol–water partition coefficient (Wildman–Crippen LogP) is -0.519. The number of carboxylic acid groups (broad SMARTS) is 1. The van der Waals surface area contributed by atoms with Crippen molar-refractivity contribution in [3.05, 3.63) is 18.7 Å². The van der Waals surface area contributed by atoms with Gasteiger partial charge in [0.1, 0.15) is 11.9 Å². The van der Waals surface area contributed by atoms with Crippen LogP contribution in [0.4, 0.5) is 0 Å². The zero-order valence-electron chi connectivity index (χ0n) is 6.64. The van der Waals surface area contributed by atoms with Gasteiger partial charge in [0.2, 0.25) is 5.91 Å². The summed E-state index contributed by atoms with van der Waals surface area (Å²) in [4.78, 5) is 22.8. The molecule has 0 saturated carbocycles. The number of ether oxygens (including phenoxy) is 1. The van der Waals surface area contributed by atoms with Crippen LogP contribution in [0.15, 0.2) is 11.8 Å². The lowest BCUT2D eigenvalue weighted by Gasteiger charge is -2.46. The van der Waals surface area contributed by atoms with E-state index >= 15 is 0 Å². The van der Waals surface area contributed by atoms with E-state index < -0.39 is 24.0 Å². The number of amides is 1. The highest BCUT2D eigenvalue weighted by molar-refractivity contribution is 5.97. The third-order valence-electron chi connectivity index (χ3n) is 2.11. The first-order chi connectivity index (χ1) is 6.13. The van der Waals surface area contributed by atoms with Crippen LogP contribution in [0.1, 0.15) is 0 Å². The maximum Gasteiger partial charge on any atom is 0.352 e. The van der Waals surface area contributed by atoms with E-state index in [0.29, 0.717) is 0 Å². The third-order valence-corrected chi connectivity index (χ3v) is 2.11. The van der Waals surface area contributed by atoms with Crippen LogP contribution in [0, 0.1) is 12.8 Å². The summed E-state index contributed by atoms with van der Waals surface area (Å²) in [6, 6.07) is 0. The fourth-order valence-corrected chi connectivity index (χ4v) is 1.43. The number of nitrogens with zero attached hydrogens (tertiary/aromatic N) is 1. The lowest BCUT2D eigenvalue weighted by atomic mass is 9.96. The topological polar surface area (TPSA) is 66.8 Å². The molecule has 1 N–H and O–H groups in total. The Morgan fingerprint density at radius 2 is 2.46 bits per heavy atom. The molecular weight excluding hydrogens is 174 g/mol. The van der Waals surface area contributed by atoms with Gasteiger partial charge in [-0.15, -0.1) is 0 Å². The molecule has 2 aliphatic heterocycles. The average molecular weight is 181 g/mol. The number of hydrogen-bond donors (Lipinski definition) is 1. The first kappa shape index (κ1) is 8.25. The number of carboxylic acids is 1. The standard InChI is InChI=1S/C8H7NO4/c1-4-6(10)9-5(8(11)12)2-3-13-7(4)9/h1-2,4,7H,3H2,(H,11,12). The highest BCUT2D eigenvalue weighted by Gasteiger charge is 2.50. The van der Waals surface area contributed by atoms with Crippen LogP contribution in [0.5, 0.6) is 0 Å². The van der Waals surface area contributed by atoms with E-state index in [0.717, 1.165) is 4.90 Å². The number of rotatable bonds is 1. The second-order valence-electron chi connectivity index (χ2n) is 2.85. The molecule has 1 amide bonds. The van der Waals surface area contributed by atoms with Crippen molar-refractivity contribution in [2.75, 3.05) is 6.61 Å². The minimum Gasteiger partial charge on any atom is -0.477 e. The minimum atomic E-state index is -1.13. The van der Waals surface area contributed by atoms with Gasteiger partial charge in [-0.3, -0.25) is 9.69 Å². The van der Waals surface area contributed by atoms with E-state index in [-0.39, 0.29) is 12.3 Å². The summed E-state index contributed by atoms with van der Waals surface area (Å²) in [5.74, 6) is -2.25. The molecule has 2 rings (SSSR count). The lowest BCUT2D eigenvalue weighted by molar-refractivity contribution is -0.185. The van der Waals surface area contributed by atoms with Gasteiger partial charge in [0.05, 0.1) is 12.5 Å². The highest BCUT2D eigenvalue weighted by atomic mass is 16.5. The van der Waals surface area contributed by atoms with E-state index in [1.807, 2.05) is 0 Å². The van der Waals surface area contributed by atoms with Crippen molar-refractivity contribution in [3.63, 3.8) is 0 Å². The van der Waals surface area contributed by atoms with E-state index in [2.05, 4.69) is 0 Å². The van der Waals surface area contributed by atoms with Gasteiger partial charge in [0.25, 0.3) is 0 Å². The van der Waals surface area contributed by atoms with Gasteiger partial charge in [-0.25, -0.2) is 4.79 Å². The molecule has 0 spiro atoms. The molecule has 5 nitrogen and oxygen atoms in total. The molecule has 0 aromatic carbocycles. The van der Waals surface area contributed by atoms with E-state index in [1.165, 1.54) is 6.08 Å². The second-order valence-corrected chi connectivity index (χ2v) is 2.85. The Labute approximate surface area is 74.6 Å². The normalized spacial score (nSPS) is 31.9. The van der Waals surface area contributed by atoms with Gasteiger partial charge in [-0.05, 0) is 13.0 Å². The number of aliphatic carboxylic acids is 1. The molecule has 1 saturated heterocycles. The predicted molar refractivity (Wildman–Crippen MR) is 40.1 cm³/mol. The molecule has 0 aromatic rings. The van der Waals surface area contributed by atoms with Crippen LogP contribution in [0.25, 0.3) is 0 Å². The Kier molecular flexibility index (Phi) is 1.63. The van der Waals surface area contributed by atoms with Gasteiger partial charge >= 0.3 is 5.97 Å². The molecule has 0 aliphatic carbocycles. The Hall–Kier alpha value is -1.36. The monoisotopic (exact) mass is 181 g/mol. The maximum absolute atomic E-state index is 11.1. The van der Waals surface area contributed by atoms with Crippen LogP contribution >= 0.6 is 0 Å². The Morgan fingerprint density at radius 1 is 1.77 bits per heavy atom. The smallest absolute Gasteiger partial charge is 0.352 e. The van der Waals surface area contributed by atoms with Crippen molar-refractivity contribution >= 4 is 11.9 Å². The van der Waals surface area contributed by atoms with Crippen LogP contribution in [0.3, 0.4) is 0 Å². The SMILES string of the molecule is [CH]C1C(=O)N2C(C(=O)O)=CCOC12. The molecule has 68 valence electrons. The fourth-order valence-electron chi connectivity index (χ4n) is 1.43. The summed E-state index contributed by atoms with van der Waals surface area (Å²) >= 11 is 0. The van der Waals surface area contributed by atoms with E-state index in [9.17, 15) is 9.59 Å². The zero-order chi connectivity index (χ0) is 9.59. The number of carbonyl (C=O) groups excluding carboxylic acids is 1. The van der Waals surface area contributed by atoms with Crippen molar-refractivity contribution in [2.45, 2.75) is 6.23 Å². The molecule has 0 bridgehead atoms. The fraction of sp³-hybridized carbons (Fsp3) is 0.375. The largest absolute Gasteiger partial charge is 0.477 e. The first-order valence-electron chi connectivity index (χ1n) is 3.76. The first-order valence-corrected chi connectivity index (χ1v) is 3.76. The molecule has 5 heteroatoms. The van der Waals surface area contributed by atoms with Gasteiger partial charge in [0.15, 0.2) is 0 Å². The van der Waals surface area contributed by atoms with Crippen molar-refractivity contribution in [1.82, 2.24) is 4.90 Å². The highest BCUT2D eigenvalue weighted by Crippen LogP contribution is 2.33. The van der Waals surface area contributed by atoms with Crippen molar-refractivity contribution in [2.24, 2.45) is 5.92 Å². The maximum atomic E-state index is 11.1. The Morgan fingerprint density at radius 3 is 3.08 bits per heavy atom. The molecule has 0 aromatic heterocycles. The van der Waals surface area contributed by atoms with Crippen molar-refractivity contribution in [1.29, 1.82) is 0 Å². The van der Waals surface area contributed by atoms with Crippen LogP contribution in [-0.2, 0) is 14.3 Å². The second kappa shape index (κ2) is 2.56. The van der Waals surface area contributed by atoms with Gasteiger partial charge in [0, 0.05) is 0 Å². The van der Waals surface area contributed by atoms with Crippen LogP contribution < -0.4 is 0 Å². The number of β-lactam (4-membered cyclic amide) rings is 1. The van der Waals surface area contributed by atoms with Gasteiger partial charge in [-0.1, -0.05) is 0 Å². The summed E-state index contributed by atoms with van der Waals surface area (Å²) in [6.07, 6.45) is 0.756. The van der Waals surface area contributed by atoms with Gasteiger partial charge in [-0.2, -0.15) is 0 Å². The Bertz CT molecular complexity index is 309. The van der Waals surface area contributed by atoms with Crippen LogP contribution in [-0.4, -0.2) is 34.7 Å². The van der Waals surface area contributed by atoms with Gasteiger partial charge < -0.3 is 9.84 Å². The molecule has 2 heterocycles. The summed E-state index contributed by atoms with van der Waals surface area (Å²) in [7, 11) is 0. The average Bonchev–Trinajstić information content (AvgIpc) is 2.15. The molecular formula is C8H7NO4. The molecule has 2 unspecified atom stereocenters. The number of carbonyl (C=O) groups is 2. The van der Waals surface area contributed by atoms with Crippen molar-refractivity contribution in [3.8, 4) is 0 Å². The molecule has 2 aliphatic rings. The summed E-state index contributed by atoms with van der Waals surface area (Å²) in [6.45, 7) is 5.59. The lowest BCUT2D eigenvalue weighted by Crippen LogP contribution is -2.62. The molecule has 2 radical (unpaired) electrons. The summed E-state index contributed by atoms with van der Waals surface area (Å²) in [5.41, 5.74) is -0.0389. The summed E-state index contributed by atoms with van der Waals surface area (Å²) < 4.78 is 5.08. The number of fused-ring (bicyclic) bond motifs is 1. The zero-order valence-corrected chi connectivity index (χ0v) is 6.64. The van der Waals surface area contributed by atoms with Crippen molar-refractivity contribution < 1.29 is 19.4 Å². The Balaban J connectivity index is 2.27. The third kappa shape index (κ3) is 0.968.